The molecule has 1 amide bonds. The minimum Gasteiger partial charge on any atom is -0.370 e. The fraction of sp³-hybridized carbons (Fsp3) is 0.600. The number of carbonyl (C=O) groups excluding carboxylic acids is 1. The van der Waals surface area contributed by atoms with Gasteiger partial charge in [-0.1, -0.05) is 6.07 Å². The first-order chi connectivity index (χ1) is 10.2. The molecule has 1 aliphatic heterocycles. The number of nitrogens with one attached hydrogen (secondary N) is 1. The van der Waals surface area contributed by atoms with Gasteiger partial charge in [0.2, 0.25) is 5.91 Å². The molecule has 0 saturated carbocycles. The van der Waals surface area contributed by atoms with Gasteiger partial charge in [-0.15, -0.1) is 35.3 Å². The molecule has 0 spiro atoms. The van der Waals surface area contributed by atoms with Crippen molar-refractivity contribution in [2.45, 2.75) is 25.7 Å². The van der Waals surface area contributed by atoms with Crippen LogP contribution < -0.4 is 11.1 Å². The van der Waals surface area contributed by atoms with Crippen LogP contribution in [0.25, 0.3) is 0 Å². The first kappa shape index (κ1) is 19.2. The van der Waals surface area contributed by atoms with E-state index in [9.17, 15) is 4.79 Å². The third kappa shape index (κ3) is 6.12. The van der Waals surface area contributed by atoms with Crippen LogP contribution in [0.3, 0.4) is 0 Å². The van der Waals surface area contributed by atoms with Gasteiger partial charge in [0.05, 0.1) is 0 Å². The monoisotopic (exact) mass is 436 g/mol. The molecule has 3 N–H and O–H groups in total. The number of carbonyl (C=O) groups is 1. The second-order valence-corrected chi connectivity index (χ2v) is 6.46. The van der Waals surface area contributed by atoms with Crippen molar-refractivity contribution in [3.8, 4) is 0 Å². The second kappa shape index (κ2) is 10.0. The lowest BCUT2D eigenvalue weighted by atomic mass is 9.95. The number of nitrogens with two attached hydrogens (primary N) is 1. The van der Waals surface area contributed by atoms with Gasteiger partial charge in [-0.05, 0) is 36.6 Å². The molecule has 5 nitrogen and oxygen atoms in total. The van der Waals surface area contributed by atoms with Gasteiger partial charge in [0.25, 0.3) is 0 Å². The number of hydrogen-bond acceptors (Lipinski definition) is 3. The van der Waals surface area contributed by atoms with Crippen LogP contribution in [0, 0.1) is 5.92 Å². The fourth-order valence-electron chi connectivity index (χ4n) is 2.79. The number of amides is 1. The average Bonchev–Trinajstić information content (AvgIpc) is 2.96. The minimum absolute atomic E-state index is 0. The molecule has 1 fully saturated rings. The molecule has 1 unspecified atom stereocenters. The number of hydrogen-bond donors (Lipinski definition) is 2. The smallest absolute Gasteiger partial charge is 0.217 e. The van der Waals surface area contributed by atoms with Crippen molar-refractivity contribution in [2.75, 3.05) is 26.7 Å². The molecule has 22 heavy (non-hydrogen) atoms. The van der Waals surface area contributed by atoms with Crippen LogP contribution in [0.2, 0.25) is 0 Å². The molecule has 1 aromatic rings. The van der Waals surface area contributed by atoms with Crippen LogP contribution in [0.1, 0.15) is 24.1 Å². The van der Waals surface area contributed by atoms with Gasteiger partial charge in [0.15, 0.2) is 5.96 Å². The average molecular weight is 436 g/mol. The molecule has 0 aliphatic carbocycles. The molecule has 0 radical (unpaired) electrons. The first-order valence-corrected chi connectivity index (χ1v) is 8.33. The van der Waals surface area contributed by atoms with Crippen LogP contribution in [0.5, 0.6) is 0 Å². The number of halogens is 1. The number of rotatable bonds is 5. The van der Waals surface area contributed by atoms with Gasteiger partial charge >= 0.3 is 0 Å². The van der Waals surface area contributed by atoms with E-state index in [2.05, 4.69) is 32.7 Å². The number of primary amides is 1. The molecule has 1 atom stereocenters. The van der Waals surface area contributed by atoms with Crippen LogP contribution in [-0.4, -0.2) is 43.4 Å². The summed E-state index contributed by atoms with van der Waals surface area (Å²) >= 11 is 1.78. The molecule has 2 heterocycles. The standard InChI is InChI=1S/C15H24N4OS.HI/c1-17-15(18-7-6-13-5-3-9-21-13)19-8-2-4-12(11-19)10-14(16)20;/h3,5,9,12H,2,4,6-8,10-11H2,1H3,(H2,16,20)(H,17,18);1H. The maximum Gasteiger partial charge on any atom is 0.217 e. The highest BCUT2D eigenvalue weighted by atomic mass is 127. The zero-order valence-corrected chi connectivity index (χ0v) is 16.1. The summed E-state index contributed by atoms with van der Waals surface area (Å²) in [7, 11) is 1.81. The lowest BCUT2D eigenvalue weighted by Crippen LogP contribution is -2.47. The van der Waals surface area contributed by atoms with Crippen LogP contribution in [0.4, 0.5) is 0 Å². The quantitative estimate of drug-likeness (QED) is 0.422. The minimum atomic E-state index is -0.206. The van der Waals surface area contributed by atoms with Crippen LogP contribution in [0.15, 0.2) is 22.5 Å². The van der Waals surface area contributed by atoms with E-state index in [1.54, 1.807) is 11.3 Å². The Labute approximate surface area is 153 Å². The molecule has 124 valence electrons. The third-order valence-corrected chi connectivity index (χ3v) is 4.69. The Bertz CT molecular complexity index is 478. The number of likely N-dealkylation sites (tertiary alicyclic amines) is 1. The number of aliphatic imine (C=N–C) groups is 1. The SMILES string of the molecule is CN=C(NCCc1cccs1)N1CCCC(CC(N)=O)C1.I. The number of thiophene rings is 1. The van der Waals surface area contributed by atoms with Gasteiger partial charge in [0, 0.05) is 38.0 Å². The Morgan fingerprint density at radius 3 is 3.05 bits per heavy atom. The van der Waals surface area contributed by atoms with E-state index in [0.717, 1.165) is 44.9 Å². The highest BCUT2D eigenvalue weighted by molar-refractivity contribution is 14.0. The van der Waals surface area contributed by atoms with E-state index in [1.165, 1.54) is 4.88 Å². The Balaban J connectivity index is 0.00000242. The van der Waals surface area contributed by atoms with E-state index in [4.69, 9.17) is 5.73 Å². The molecular formula is C15H25IN4OS. The van der Waals surface area contributed by atoms with E-state index in [-0.39, 0.29) is 29.9 Å². The topological polar surface area (TPSA) is 70.7 Å². The summed E-state index contributed by atoms with van der Waals surface area (Å²) < 4.78 is 0. The maximum atomic E-state index is 11.1. The highest BCUT2D eigenvalue weighted by Gasteiger charge is 2.23. The van der Waals surface area contributed by atoms with Crippen molar-refractivity contribution < 1.29 is 4.79 Å². The Kier molecular flexibility index (Phi) is 8.77. The zero-order chi connectivity index (χ0) is 15.1. The summed E-state index contributed by atoms with van der Waals surface area (Å²) in [5, 5.41) is 5.52. The lowest BCUT2D eigenvalue weighted by Gasteiger charge is -2.34. The van der Waals surface area contributed by atoms with E-state index in [1.807, 2.05) is 7.05 Å². The van der Waals surface area contributed by atoms with Crippen molar-refractivity contribution in [1.29, 1.82) is 0 Å². The zero-order valence-electron chi connectivity index (χ0n) is 13.0. The van der Waals surface area contributed by atoms with Gasteiger partial charge in [-0.2, -0.15) is 0 Å². The number of piperidine rings is 1. The Morgan fingerprint density at radius 1 is 1.59 bits per heavy atom. The number of guanidine groups is 1. The van der Waals surface area contributed by atoms with E-state index in [0.29, 0.717) is 12.3 Å². The Hall–Kier alpha value is -0.830. The normalized spacial score (nSPS) is 18.7. The molecule has 0 aromatic carbocycles. The predicted molar refractivity (Wildman–Crippen MR) is 103 cm³/mol. The van der Waals surface area contributed by atoms with Gasteiger partial charge in [-0.3, -0.25) is 9.79 Å². The van der Waals surface area contributed by atoms with Gasteiger partial charge < -0.3 is 16.0 Å². The van der Waals surface area contributed by atoms with Crippen molar-refractivity contribution >= 4 is 47.2 Å². The summed E-state index contributed by atoms with van der Waals surface area (Å²) in [6.07, 6.45) is 3.65. The summed E-state index contributed by atoms with van der Waals surface area (Å²) in [6, 6.07) is 4.23. The fourth-order valence-corrected chi connectivity index (χ4v) is 3.50. The first-order valence-electron chi connectivity index (χ1n) is 7.45. The molecule has 1 saturated heterocycles. The Morgan fingerprint density at radius 2 is 2.41 bits per heavy atom. The maximum absolute atomic E-state index is 11.1. The second-order valence-electron chi connectivity index (χ2n) is 5.43. The predicted octanol–water partition coefficient (Wildman–Crippen LogP) is 2.07. The molecule has 0 bridgehead atoms. The molecular weight excluding hydrogens is 411 g/mol. The summed E-state index contributed by atoms with van der Waals surface area (Å²) in [6.45, 7) is 2.74. The van der Waals surface area contributed by atoms with Gasteiger partial charge in [0.1, 0.15) is 0 Å². The van der Waals surface area contributed by atoms with Crippen LogP contribution >= 0.6 is 35.3 Å². The van der Waals surface area contributed by atoms with Crippen molar-refractivity contribution in [2.24, 2.45) is 16.6 Å². The van der Waals surface area contributed by atoms with Crippen molar-refractivity contribution in [1.82, 2.24) is 10.2 Å². The van der Waals surface area contributed by atoms with Crippen LogP contribution in [-0.2, 0) is 11.2 Å². The summed E-state index contributed by atoms with van der Waals surface area (Å²) in [4.78, 5) is 19.1. The largest absolute Gasteiger partial charge is 0.370 e. The molecule has 1 aromatic heterocycles. The number of nitrogens with zero attached hydrogens (tertiary/aromatic N) is 2. The molecule has 7 heteroatoms. The van der Waals surface area contributed by atoms with Gasteiger partial charge in [-0.25, -0.2) is 0 Å². The summed E-state index contributed by atoms with van der Waals surface area (Å²) in [5.74, 6) is 1.08. The molecule has 1 aliphatic rings. The van der Waals surface area contributed by atoms with E-state index >= 15 is 0 Å². The van der Waals surface area contributed by atoms with Crippen molar-refractivity contribution in [3.63, 3.8) is 0 Å². The third-order valence-electron chi connectivity index (χ3n) is 3.75. The van der Waals surface area contributed by atoms with Crippen molar-refractivity contribution in [3.05, 3.63) is 22.4 Å². The van der Waals surface area contributed by atoms with E-state index < -0.39 is 0 Å². The highest BCUT2D eigenvalue weighted by Crippen LogP contribution is 2.19. The summed E-state index contributed by atoms with van der Waals surface area (Å²) in [5.41, 5.74) is 5.31. The lowest BCUT2D eigenvalue weighted by molar-refractivity contribution is -0.119. The molecule has 2 rings (SSSR count).